The summed E-state index contributed by atoms with van der Waals surface area (Å²) in [7, 11) is 0. The highest BCUT2D eigenvalue weighted by molar-refractivity contribution is 6.31. The summed E-state index contributed by atoms with van der Waals surface area (Å²) in [4.78, 5) is 21.8. The first kappa shape index (κ1) is 16.3. The lowest BCUT2D eigenvalue weighted by Gasteiger charge is -2.13. The third-order valence-electron chi connectivity index (χ3n) is 2.43. The molecule has 0 unspecified atom stereocenters. The first-order chi connectivity index (χ1) is 9.54. The van der Waals surface area contributed by atoms with Gasteiger partial charge in [0.1, 0.15) is 5.75 Å². The van der Waals surface area contributed by atoms with Gasteiger partial charge >= 0.3 is 6.03 Å². The topological polar surface area (TPSA) is 93.4 Å². The van der Waals surface area contributed by atoms with Crippen molar-refractivity contribution in [3.63, 3.8) is 0 Å². The van der Waals surface area contributed by atoms with Crippen molar-refractivity contribution in [3.8, 4) is 5.75 Å². The lowest BCUT2D eigenvalue weighted by molar-refractivity contribution is -0.121. The summed E-state index contributed by atoms with van der Waals surface area (Å²) in [5, 5.41) is 5.70. The van der Waals surface area contributed by atoms with Crippen molar-refractivity contribution in [1.82, 2.24) is 10.6 Å². The van der Waals surface area contributed by atoms with Gasteiger partial charge < -0.3 is 15.8 Å². The number of imide groups is 1. The van der Waals surface area contributed by atoms with Gasteiger partial charge in [0, 0.05) is 17.1 Å². The largest absolute Gasteiger partial charge is 0.483 e. The number of nitrogens with one attached hydrogen (secondary N) is 2. The summed E-state index contributed by atoms with van der Waals surface area (Å²) < 4.78 is 5.37. The smallest absolute Gasteiger partial charge is 0.318 e. The number of halogens is 1. The number of benzene rings is 1. The van der Waals surface area contributed by atoms with E-state index in [1.165, 1.54) is 0 Å². The normalized spacial score (nSPS) is 10.1. The Bertz CT molecular complexity index is 480. The number of nitrogens with two attached hydrogens (primary N) is 1. The van der Waals surface area contributed by atoms with Crippen molar-refractivity contribution < 1.29 is 14.3 Å². The third-order valence-corrected chi connectivity index (χ3v) is 2.78. The van der Waals surface area contributed by atoms with Crippen LogP contribution in [0.1, 0.15) is 18.9 Å². The number of rotatable bonds is 7. The zero-order chi connectivity index (χ0) is 15.0. The van der Waals surface area contributed by atoms with E-state index in [4.69, 9.17) is 22.1 Å². The maximum absolute atomic E-state index is 11.3. The van der Waals surface area contributed by atoms with Gasteiger partial charge in [-0.25, -0.2) is 4.79 Å². The van der Waals surface area contributed by atoms with Crippen molar-refractivity contribution in [1.29, 1.82) is 0 Å². The molecular formula is C13H18ClN3O3. The number of hydrogen-bond donors (Lipinski definition) is 3. The summed E-state index contributed by atoms with van der Waals surface area (Å²) in [5.74, 6) is -0.106. The summed E-state index contributed by atoms with van der Waals surface area (Å²) in [6.07, 6.45) is 1.00. The van der Waals surface area contributed by atoms with E-state index in [1.54, 1.807) is 18.2 Å². The van der Waals surface area contributed by atoms with E-state index in [9.17, 15) is 9.59 Å². The van der Waals surface area contributed by atoms with Crippen LogP contribution in [0.2, 0.25) is 5.02 Å². The molecule has 0 aliphatic heterocycles. The number of hydrogen-bond acceptors (Lipinski definition) is 4. The second kappa shape index (κ2) is 8.39. The van der Waals surface area contributed by atoms with E-state index in [0.29, 0.717) is 17.3 Å². The zero-order valence-corrected chi connectivity index (χ0v) is 12.0. The van der Waals surface area contributed by atoms with Gasteiger partial charge in [-0.15, -0.1) is 0 Å². The highest BCUT2D eigenvalue weighted by atomic mass is 35.5. The van der Waals surface area contributed by atoms with Crippen LogP contribution in [0.4, 0.5) is 4.79 Å². The van der Waals surface area contributed by atoms with Crippen LogP contribution in [-0.2, 0) is 11.3 Å². The highest BCUT2D eigenvalue weighted by Crippen LogP contribution is 2.26. The minimum absolute atomic E-state index is 0.302. The quantitative estimate of drug-likeness (QED) is 0.664. The van der Waals surface area contributed by atoms with Gasteiger partial charge in [0.15, 0.2) is 6.61 Å². The van der Waals surface area contributed by atoms with Crippen LogP contribution in [0.5, 0.6) is 5.75 Å². The van der Waals surface area contributed by atoms with Crippen molar-refractivity contribution >= 4 is 23.5 Å². The molecule has 7 heteroatoms. The molecule has 0 aromatic heterocycles. The van der Waals surface area contributed by atoms with Crippen LogP contribution in [-0.4, -0.2) is 25.1 Å². The summed E-state index contributed by atoms with van der Waals surface area (Å²) >= 11 is 6.11. The van der Waals surface area contributed by atoms with E-state index < -0.39 is 11.9 Å². The molecule has 0 saturated heterocycles. The lowest BCUT2D eigenvalue weighted by Crippen LogP contribution is -2.38. The molecule has 0 radical (unpaired) electrons. The van der Waals surface area contributed by atoms with Crippen LogP contribution in [0, 0.1) is 0 Å². The molecule has 0 bridgehead atoms. The Morgan fingerprint density at radius 1 is 1.40 bits per heavy atom. The minimum Gasteiger partial charge on any atom is -0.483 e. The van der Waals surface area contributed by atoms with E-state index in [1.807, 2.05) is 5.32 Å². The molecule has 0 aliphatic carbocycles. The Labute approximate surface area is 122 Å². The molecule has 0 spiro atoms. The maximum Gasteiger partial charge on any atom is 0.318 e. The van der Waals surface area contributed by atoms with Crippen LogP contribution in [0.15, 0.2) is 18.2 Å². The van der Waals surface area contributed by atoms with E-state index >= 15 is 0 Å². The van der Waals surface area contributed by atoms with Crippen molar-refractivity contribution in [3.05, 3.63) is 28.8 Å². The van der Waals surface area contributed by atoms with Gasteiger partial charge in [-0.2, -0.15) is 0 Å². The second-order valence-electron chi connectivity index (χ2n) is 4.09. The summed E-state index contributed by atoms with van der Waals surface area (Å²) in [6, 6.07) is 4.29. The third kappa shape index (κ3) is 5.46. The Kier molecular flexibility index (Phi) is 6.83. The fraction of sp³-hybridized carbons (Fsp3) is 0.385. The Balaban J connectivity index is 2.66. The Hall–Kier alpha value is -1.79. The minimum atomic E-state index is -0.908. The van der Waals surface area contributed by atoms with Gasteiger partial charge in [-0.05, 0) is 25.1 Å². The molecule has 1 aromatic carbocycles. The number of urea groups is 1. The SMILES string of the molecule is CCCNCc1c(Cl)cccc1OCC(=O)NC(N)=O. The van der Waals surface area contributed by atoms with Gasteiger partial charge in [0.05, 0.1) is 0 Å². The van der Waals surface area contributed by atoms with Crippen LogP contribution in [0.25, 0.3) is 0 Å². The molecule has 1 rings (SSSR count). The molecule has 3 amide bonds. The molecule has 20 heavy (non-hydrogen) atoms. The van der Waals surface area contributed by atoms with Gasteiger partial charge in [-0.1, -0.05) is 24.6 Å². The number of carbonyl (C=O) groups is 2. The van der Waals surface area contributed by atoms with E-state index in [0.717, 1.165) is 18.5 Å². The highest BCUT2D eigenvalue weighted by Gasteiger charge is 2.10. The average molecular weight is 300 g/mol. The summed E-state index contributed by atoms with van der Waals surface area (Å²) in [6.45, 7) is 3.16. The van der Waals surface area contributed by atoms with E-state index in [-0.39, 0.29) is 6.61 Å². The van der Waals surface area contributed by atoms with Gasteiger partial charge in [0.2, 0.25) is 0 Å². The number of amides is 3. The summed E-state index contributed by atoms with van der Waals surface area (Å²) in [5.41, 5.74) is 5.61. The molecule has 0 saturated carbocycles. The lowest BCUT2D eigenvalue weighted by atomic mass is 10.2. The molecule has 110 valence electrons. The molecule has 0 heterocycles. The first-order valence-corrected chi connectivity index (χ1v) is 6.62. The average Bonchev–Trinajstić information content (AvgIpc) is 2.38. The molecule has 0 fully saturated rings. The molecule has 0 aliphatic rings. The van der Waals surface area contributed by atoms with Gasteiger partial charge in [0.25, 0.3) is 5.91 Å². The second-order valence-corrected chi connectivity index (χ2v) is 4.50. The van der Waals surface area contributed by atoms with Crippen LogP contribution in [0.3, 0.4) is 0 Å². The molecule has 0 atom stereocenters. The van der Waals surface area contributed by atoms with Crippen molar-refractivity contribution in [2.24, 2.45) is 5.73 Å². The molecule has 1 aromatic rings. The number of carbonyl (C=O) groups excluding carboxylic acids is 2. The van der Waals surface area contributed by atoms with Crippen LogP contribution >= 0.6 is 11.6 Å². The maximum atomic E-state index is 11.3. The van der Waals surface area contributed by atoms with Crippen molar-refractivity contribution in [2.45, 2.75) is 19.9 Å². The molecular weight excluding hydrogens is 282 g/mol. The number of ether oxygens (including phenoxy) is 1. The fourth-order valence-corrected chi connectivity index (χ4v) is 1.79. The first-order valence-electron chi connectivity index (χ1n) is 6.24. The van der Waals surface area contributed by atoms with Crippen LogP contribution < -0.4 is 21.1 Å². The molecule has 6 nitrogen and oxygen atoms in total. The zero-order valence-electron chi connectivity index (χ0n) is 11.2. The Morgan fingerprint density at radius 3 is 2.80 bits per heavy atom. The monoisotopic (exact) mass is 299 g/mol. The van der Waals surface area contributed by atoms with E-state index in [2.05, 4.69) is 12.2 Å². The number of primary amides is 1. The fourth-order valence-electron chi connectivity index (χ4n) is 1.55. The standard InChI is InChI=1S/C13H18ClN3O3/c1-2-6-16-7-9-10(14)4-3-5-11(9)20-8-12(18)17-13(15)19/h3-5,16H,2,6-8H2,1H3,(H3,15,17,18,19). The van der Waals surface area contributed by atoms with Gasteiger partial charge in [-0.3, -0.25) is 10.1 Å². The van der Waals surface area contributed by atoms with Crippen molar-refractivity contribution in [2.75, 3.05) is 13.2 Å². The predicted molar refractivity (Wildman–Crippen MR) is 76.7 cm³/mol. The molecule has 4 N–H and O–H groups in total. The predicted octanol–water partition coefficient (Wildman–Crippen LogP) is 1.41. The Morgan fingerprint density at radius 2 is 2.15 bits per heavy atom.